The predicted octanol–water partition coefficient (Wildman–Crippen LogP) is 1.20. The SMILES string of the molecule is COC(=O)c1cc([N+](=O)[O-])c(=O)n(CC(=O)Nc2cc(OC)ccc2OC)c1. The zero-order valence-electron chi connectivity index (χ0n) is 15.3. The number of aromatic nitrogens is 1. The number of esters is 1. The standard InChI is InChI=1S/C17H17N3O8/c1-26-11-4-5-14(27-2)12(7-11)18-15(21)9-19-8-10(17(23)28-3)6-13(16(19)22)20(24)25/h4-8H,9H2,1-3H3,(H,18,21). The highest BCUT2D eigenvalue weighted by Gasteiger charge is 2.21. The number of nitrogens with zero attached hydrogens (tertiary/aromatic N) is 2. The van der Waals surface area contributed by atoms with Gasteiger partial charge in [0, 0.05) is 18.3 Å². The van der Waals surface area contributed by atoms with Crippen LogP contribution in [0.2, 0.25) is 0 Å². The number of hydrogen-bond acceptors (Lipinski definition) is 8. The Morgan fingerprint density at radius 2 is 1.89 bits per heavy atom. The monoisotopic (exact) mass is 391 g/mol. The van der Waals surface area contributed by atoms with Gasteiger partial charge in [0.05, 0.1) is 37.5 Å². The van der Waals surface area contributed by atoms with Gasteiger partial charge in [0.25, 0.3) is 0 Å². The third-order valence-electron chi connectivity index (χ3n) is 3.68. The van der Waals surface area contributed by atoms with Crippen LogP contribution in [0.5, 0.6) is 11.5 Å². The highest BCUT2D eigenvalue weighted by atomic mass is 16.6. The number of nitro groups is 1. The molecule has 0 fully saturated rings. The van der Waals surface area contributed by atoms with E-state index in [1.807, 2.05) is 0 Å². The van der Waals surface area contributed by atoms with E-state index in [0.717, 1.165) is 23.9 Å². The first-order valence-corrected chi connectivity index (χ1v) is 7.79. The van der Waals surface area contributed by atoms with Crippen molar-refractivity contribution in [2.45, 2.75) is 6.54 Å². The van der Waals surface area contributed by atoms with Crippen LogP contribution in [-0.4, -0.2) is 42.7 Å². The van der Waals surface area contributed by atoms with Crippen LogP contribution < -0.4 is 20.3 Å². The highest BCUT2D eigenvalue weighted by molar-refractivity contribution is 5.93. The van der Waals surface area contributed by atoms with Gasteiger partial charge in [-0.1, -0.05) is 0 Å². The second-order valence-corrected chi connectivity index (χ2v) is 5.41. The molecule has 0 saturated carbocycles. The third kappa shape index (κ3) is 4.44. The average Bonchev–Trinajstić information content (AvgIpc) is 2.68. The Balaban J connectivity index is 2.36. The van der Waals surface area contributed by atoms with Gasteiger partial charge in [0.2, 0.25) is 5.91 Å². The summed E-state index contributed by atoms with van der Waals surface area (Å²) in [6.07, 6.45) is 1.02. The van der Waals surface area contributed by atoms with E-state index in [1.165, 1.54) is 20.3 Å². The number of carbonyl (C=O) groups excluding carboxylic acids is 2. The number of nitrogens with one attached hydrogen (secondary N) is 1. The molecule has 1 amide bonds. The van der Waals surface area contributed by atoms with Crippen molar-refractivity contribution in [2.75, 3.05) is 26.6 Å². The molecule has 11 nitrogen and oxygen atoms in total. The normalized spacial score (nSPS) is 10.1. The summed E-state index contributed by atoms with van der Waals surface area (Å²) in [4.78, 5) is 46.4. The maximum atomic E-state index is 12.4. The molecular formula is C17H17N3O8. The molecule has 0 atom stereocenters. The summed E-state index contributed by atoms with van der Waals surface area (Å²) in [5.41, 5.74) is -1.85. The summed E-state index contributed by atoms with van der Waals surface area (Å²) >= 11 is 0. The topological polar surface area (TPSA) is 139 Å². The van der Waals surface area contributed by atoms with Gasteiger partial charge in [-0.2, -0.15) is 0 Å². The fraction of sp³-hybridized carbons (Fsp3) is 0.235. The summed E-state index contributed by atoms with van der Waals surface area (Å²) in [6.45, 7) is -0.579. The number of methoxy groups -OCH3 is 3. The molecule has 0 aliphatic carbocycles. The number of anilines is 1. The zero-order chi connectivity index (χ0) is 20.8. The number of hydrogen-bond donors (Lipinski definition) is 1. The number of carbonyl (C=O) groups is 2. The number of benzene rings is 1. The van der Waals surface area contributed by atoms with Gasteiger partial charge < -0.3 is 19.5 Å². The lowest BCUT2D eigenvalue weighted by Crippen LogP contribution is -2.29. The van der Waals surface area contributed by atoms with Crippen molar-refractivity contribution in [1.29, 1.82) is 0 Å². The van der Waals surface area contributed by atoms with Crippen molar-refractivity contribution in [3.63, 3.8) is 0 Å². The van der Waals surface area contributed by atoms with E-state index < -0.39 is 34.6 Å². The van der Waals surface area contributed by atoms with Crippen LogP contribution in [0.4, 0.5) is 11.4 Å². The first-order valence-electron chi connectivity index (χ1n) is 7.79. The van der Waals surface area contributed by atoms with Gasteiger partial charge in [0.15, 0.2) is 0 Å². The van der Waals surface area contributed by atoms with Crippen molar-refractivity contribution in [3.05, 3.63) is 56.5 Å². The van der Waals surface area contributed by atoms with Gasteiger partial charge >= 0.3 is 17.2 Å². The molecule has 0 bridgehead atoms. The van der Waals surface area contributed by atoms with Crippen LogP contribution in [0.3, 0.4) is 0 Å². The number of pyridine rings is 1. The van der Waals surface area contributed by atoms with Gasteiger partial charge in [-0.3, -0.25) is 24.3 Å². The molecule has 2 aromatic rings. The fourth-order valence-corrected chi connectivity index (χ4v) is 2.35. The van der Waals surface area contributed by atoms with Crippen LogP contribution in [0, 0.1) is 10.1 Å². The van der Waals surface area contributed by atoms with Crippen molar-refractivity contribution in [3.8, 4) is 11.5 Å². The molecule has 1 N–H and O–H groups in total. The summed E-state index contributed by atoms with van der Waals surface area (Å²) in [5, 5.41) is 13.6. The van der Waals surface area contributed by atoms with Crippen molar-refractivity contribution in [1.82, 2.24) is 4.57 Å². The predicted molar refractivity (Wildman–Crippen MR) is 96.9 cm³/mol. The van der Waals surface area contributed by atoms with E-state index in [0.29, 0.717) is 11.5 Å². The lowest BCUT2D eigenvalue weighted by atomic mass is 10.2. The molecule has 148 valence electrons. The van der Waals surface area contributed by atoms with E-state index >= 15 is 0 Å². The lowest BCUT2D eigenvalue weighted by molar-refractivity contribution is -0.386. The Morgan fingerprint density at radius 1 is 1.18 bits per heavy atom. The molecule has 0 spiro atoms. The first kappa shape index (κ1) is 20.4. The Bertz CT molecular complexity index is 983. The summed E-state index contributed by atoms with van der Waals surface area (Å²) in [7, 11) is 3.95. The van der Waals surface area contributed by atoms with Crippen LogP contribution >= 0.6 is 0 Å². The Labute approximate surface area is 158 Å². The maximum absolute atomic E-state index is 12.4. The van der Waals surface area contributed by atoms with E-state index in [4.69, 9.17) is 9.47 Å². The second kappa shape index (κ2) is 8.66. The van der Waals surface area contributed by atoms with E-state index in [-0.39, 0.29) is 11.3 Å². The Hall–Kier alpha value is -3.89. The minimum absolute atomic E-state index is 0.236. The molecule has 0 aliphatic heterocycles. The molecular weight excluding hydrogens is 374 g/mol. The Kier molecular flexibility index (Phi) is 6.32. The number of amides is 1. The summed E-state index contributed by atoms with van der Waals surface area (Å²) in [6, 6.07) is 5.51. The van der Waals surface area contributed by atoms with Crippen LogP contribution in [0.1, 0.15) is 10.4 Å². The van der Waals surface area contributed by atoms with E-state index in [2.05, 4.69) is 10.1 Å². The smallest absolute Gasteiger partial charge is 0.339 e. The number of ether oxygens (including phenoxy) is 3. The Morgan fingerprint density at radius 3 is 2.46 bits per heavy atom. The van der Waals surface area contributed by atoms with Gasteiger partial charge in [-0.15, -0.1) is 0 Å². The van der Waals surface area contributed by atoms with E-state index in [1.54, 1.807) is 12.1 Å². The molecule has 0 radical (unpaired) electrons. The third-order valence-corrected chi connectivity index (χ3v) is 3.68. The van der Waals surface area contributed by atoms with Gasteiger partial charge in [-0.25, -0.2) is 4.79 Å². The average molecular weight is 391 g/mol. The first-order chi connectivity index (χ1) is 13.3. The zero-order valence-corrected chi connectivity index (χ0v) is 15.3. The van der Waals surface area contributed by atoms with Gasteiger partial charge in [-0.05, 0) is 12.1 Å². The number of rotatable bonds is 7. The van der Waals surface area contributed by atoms with Crippen molar-refractivity contribution >= 4 is 23.3 Å². The van der Waals surface area contributed by atoms with Crippen molar-refractivity contribution < 1.29 is 28.7 Å². The van der Waals surface area contributed by atoms with Gasteiger partial charge in [0.1, 0.15) is 18.0 Å². The molecule has 2 rings (SSSR count). The molecule has 0 saturated heterocycles. The van der Waals surface area contributed by atoms with Crippen molar-refractivity contribution in [2.24, 2.45) is 0 Å². The van der Waals surface area contributed by atoms with Crippen LogP contribution in [-0.2, 0) is 16.1 Å². The quantitative estimate of drug-likeness (QED) is 0.422. The summed E-state index contributed by atoms with van der Waals surface area (Å²) in [5.74, 6) is -0.760. The second-order valence-electron chi connectivity index (χ2n) is 5.41. The minimum atomic E-state index is -1.04. The van der Waals surface area contributed by atoms with Crippen LogP contribution in [0.25, 0.3) is 0 Å². The van der Waals surface area contributed by atoms with E-state index in [9.17, 15) is 24.5 Å². The molecule has 28 heavy (non-hydrogen) atoms. The molecule has 1 aromatic heterocycles. The molecule has 1 aromatic carbocycles. The summed E-state index contributed by atoms with van der Waals surface area (Å²) < 4.78 is 15.5. The fourth-order valence-electron chi connectivity index (χ4n) is 2.35. The molecule has 1 heterocycles. The molecule has 0 aliphatic rings. The maximum Gasteiger partial charge on any atom is 0.339 e. The highest BCUT2D eigenvalue weighted by Crippen LogP contribution is 2.28. The molecule has 0 unspecified atom stereocenters. The molecule has 11 heteroatoms. The minimum Gasteiger partial charge on any atom is -0.497 e. The largest absolute Gasteiger partial charge is 0.497 e. The van der Waals surface area contributed by atoms with Crippen LogP contribution in [0.15, 0.2) is 35.3 Å². The lowest BCUT2D eigenvalue weighted by Gasteiger charge is -2.12.